The van der Waals surface area contributed by atoms with E-state index in [-0.39, 0.29) is 29.2 Å². The molecule has 0 saturated heterocycles. The van der Waals surface area contributed by atoms with Crippen LogP contribution >= 0.6 is 0 Å². The van der Waals surface area contributed by atoms with Crippen LogP contribution in [0.2, 0.25) is 0 Å². The summed E-state index contributed by atoms with van der Waals surface area (Å²) in [4.78, 5) is 29.1. The summed E-state index contributed by atoms with van der Waals surface area (Å²) in [5, 5.41) is 10.1. The molecule has 0 atom stereocenters. The van der Waals surface area contributed by atoms with Crippen molar-refractivity contribution in [3.05, 3.63) is 63.5 Å². The van der Waals surface area contributed by atoms with Gasteiger partial charge in [-0.25, -0.2) is 10.1 Å². The molecule has 5 rings (SSSR count). The third-order valence-electron chi connectivity index (χ3n) is 6.39. The Hall–Kier alpha value is -3.56. The Morgan fingerprint density at radius 1 is 1.27 bits per heavy atom. The number of hydrogen-bond acceptors (Lipinski definition) is 5. The Labute approximate surface area is 187 Å². The molecular formula is C23H23F2N5O3. The molecule has 10 heteroatoms. The summed E-state index contributed by atoms with van der Waals surface area (Å²) in [7, 11) is 0. The molecule has 8 nitrogen and oxygen atoms in total. The molecule has 0 unspecified atom stereocenters. The molecule has 2 aliphatic rings. The van der Waals surface area contributed by atoms with Crippen LogP contribution in [0.1, 0.15) is 65.3 Å². The first-order chi connectivity index (χ1) is 16.0. The number of carbonyl (C=O) groups is 1. The largest absolute Gasteiger partial charge is 0.435 e. The lowest BCUT2D eigenvalue weighted by Gasteiger charge is -2.30. The lowest BCUT2D eigenvalue weighted by molar-refractivity contribution is -0.0498. The standard InChI is InChI=1S/C23H23F2N5O3/c24-23(25)33-15-9-10-30-18(12-26-19(30)11-15)22(32)27-14-7-5-13(6-8-14)20-16-3-1-2-4-17(16)21(31)29-28-20/h1,3,9-14,23H,2,4-8H2,(H,27,32)(H,29,31). The molecule has 0 radical (unpaired) electrons. The number of amides is 1. The zero-order chi connectivity index (χ0) is 22.9. The minimum atomic E-state index is -2.92. The summed E-state index contributed by atoms with van der Waals surface area (Å²) in [6.45, 7) is -2.92. The maximum atomic E-state index is 12.8. The number of pyridine rings is 1. The molecule has 3 heterocycles. The second-order valence-corrected chi connectivity index (χ2v) is 8.41. The number of fused-ring (bicyclic) bond motifs is 2. The number of allylic oxidation sites excluding steroid dienone is 1. The number of halogens is 2. The van der Waals surface area contributed by atoms with Gasteiger partial charge in [-0.3, -0.25) is 14.0 Å². The Morgan fingerprint density at radius 2 is 2.09 bits per heavy atom. The van der Waals surface area contributed by atoms with Gasteiger partial charge in [0.25, 0.3) is 11.5 Å². The van der Waals surface area contributed by atoms with Crippen LogP contribution in [-0.4, -0.2) is 38.1 Å². The molecule has 0 spiro atoms. The summed E-state index contributed by atoms with van der Waals surface area (Å²) < 4.78 is 30.8. The third-order valence-corrected chi connectivity index (χ3v) is 6.39. The monoisotopic (exact) mass is 455 g/mol. The highest BCUT2D eigenvalue weighted by Crippen LogP contribution is 2.35. The van der Waals surface area contributed by atoms with Crippen molar-refractivity contribution in [1.82, 2.24) is 24.9 Å². The predicted octanol–water partition coefficient (Wildman–Crippen LogP) is 3.43. The van der Waals surface area contributed by atoms with Gasteiger partial charge in [0.1, 0.15) is 17.1 Å². The lowest BCUT2D eigenvalue weighted by Crippen LogP contribution is -2.38. The average Bonchev–Trinajstić information content (AvgIpc) is 3.23. The number of aromatic amines is 1. The predicted molar refractivity (Wildman–Crippen MR) is 116 cm³/mol. The van der Waals surface area contributed by atoms with Crippen molar-refractivity contribution in [2.75, 3.05) is 0 Å². The fraction of sp³-hybridized carbons (Fsp3) is 0.391. The number of H-pyrrole nitrogens is 1. The van der Waals surface area contributed by atoms with Gasteiger partial charge < -0.3 is 10.1 Å². The second-order valence-electron chi connectivity index (χ2n) is 8.41. The van der Waals surface area contributed by atoms with E-state index < -0.39 is 6.61 Å². The van der Waals surface area contributed by atoms with Gasteiger partial charge >= 0.3 is 6.61 Å². The number of rotatable bonds is 5. The Bertz CT molecular complexity index is 1270. The normalized spacial score (nSPS) is 20.1. The van der Waals surface area contributed by atoms with Crippen molar-refractivity contribution >= 4 is 17.6 Å². The molecule has 2 N–H and O–H groups in total. The first kappa shape index (κ1) is 21.3. The molecule has 0 aliphatic heterocycles. The van der Waals surface area contributed by atoms with Crippen LogP contribution < -0.4 is 15.6 Å². The molecule has 33 heavy (non-hydrogen) atoms. The molecule has 1 saturated carbocycles. The van der Waals surface area contributed by atoms with Crippen LogP contribution in [0.3, 0.4) is 0 Å². The Morgan fingerprint density at radius 3 is 2.88 bits per heavy atom. The van der Waals surface area contributed by atoms with E-state index in [0.717, 1.165) is 55.3 Å². The van der Waals surface area contributed by atoms with Crippen LogP contribution in [0, 0.1) is 0 Å². The van der Waals surface area contributed by atoms with Crippen LogP contribution in [-0.2, 0) is 6.42 Å². The highest BCUT2D eigenvalue weighted by Gasteiger charge is 2.28. The highest BCUT2D eigenvalue weighted by atomic mass is 19.3. The Balaban J connectivity index is 1.24. The number of ether oxygens (including phenoxy) is 1. The number of aromatic nitrogens is 4. The topological polar surface area (TPSA) is 101 Å². The van der Waals surface area contributed by atoms with E-state index in [9.17, 15) is 18.4 Å². The lowest BCUT2D eigenvalue weighted by atomic mass is 9.81. The van der Waals surface area contributed by atoms with Crippen molar-refractivity contribution < 1.29 is 18.3 Å². The third kappa shape index (κ3) is 4.24. The quantitative estimate of drug-likeness (QED) is 0.614. The van der Waals surface area contributed by atoms with E-state index in [1.807, 2.05) is 6.08 Å². The van der Waals surface area contributed by atoms with Crippen LogP contribution in [0.5, 0.6) is 5.75 Å². The summed E-state index contributed by atoms with van der Waals surface area (Å²) in [6.07, 6.45) is 11.9. The smallest absolute Gasteiger partial charge is 0.387 e. The van der Waals surface area contributed by atoms with E-state index >= 15 is 0 Å². The van der Waals surface area contributed by atoms with Crippen LogP contribution in [0.4, 0.5) is 8.78 Å². The average molecular weight is 455 g/mol. The fourth-order valence-corrected chi connectivity index (χ4v) is 4.77. The number of hydrogen-bond donors (Lipinski definition) is 2. The second kappa shape index (κ2) is 8.76. The molecule has 172 valence electrons. The van der Waals surface area contributed by atoms with Crippen molar-refractivity contribution in [1.29, 1.82) is 0 Å². The van der Waals surface area contributed by atoms with Gasteiger partial charge in [0.2, 0.25) is 0 Å². The van der Waals surface area contributed by atoms with Crippen LogP contribution in [0.15, 0.2) is 35.4 Å². The van der Waals surface area contributed by atoms with E-state index in [4.69, 9.17) is 0 Å². The zero-order valence-corrected chi connectivity index (χ0v) is 17.8. The minimum Gasteiger partial charge on any atom is -0.435 e. The molecular weight excluding hydrogens is 432 g/mol. The fourth-order valence-electron chi connectivity index (χ4n) is 4.77. The van der Waals surface area contributed by atoms with Gasteiger partial charge in [-0.2, -0.15) is 13.9 Å². The number of carbonyl (C=O) groups excluding carboxylic acids is 1. The van der Waals surface area contributed by atoms with E-state index in [0.29, 0.717) is 11.3 Å². The molecule has 3 aromatic rings. The van der Waals surface area contributed by atoms with Gasteiger partial charge in [-0.1, -0.05) is 12.2 Å². The highest BCUT2D eigenvalue weighted by molar-refractivity contribution is 5.93. The Kier molecular flexibility index (Phi) is 5.65. The summed E-state index contributed by atoms with van der Waals surface area (Å²) in [6, 6.07) is 2.74. The number of nitrogens with one attached hydrogen (secondary N) is 2. The van der Waals surface area contributed by atoms with Crippen molar-refractivity contribution in [3.8, 4) is 5.75 Å². The molecule has 0 bridgehead atoms. The summed E-state index contributed by atoms with van der Waals surface area (Å²) in [5.41, 5.74) is 3.28. The number of imidazole rings is 1. The van der Waals surface area contributed by atoms with Gasteiger partial charge in [0.05, 0.1) is 11.9 Å². The maximum Gasteiger partial charge on any atom is 0.387 e. The first-order valence-electron chi connectivity index (χ1n) is 11.0. The molecule has 0 aromatic carbocycles. The van der Waals surface area contributed by atoms with Crippen molar-refractivity contribution in [2.45, 2.75) is 57.1 Å². The molecule has 1 amide bonds. The van der Waals surface area contributed by atoms with Gasteiger partial charge in [0, 0.05) is 35.3 Å². The maximum absolute atomic E-state index is 12.8. The van der Waals surface area contributed by atoms with E-state index in [2.05, 4.69) is 31.3 Å². The minimum absolute atomic E-state index is 0.00914. The van der Waals surface area contributed by atoms with E-state index in [1.165, 1.54) is 24.5 Å². The van der Waals surface area contributed by atoms with Crippen molar-refractivity contribution in [2.24, 2.45) is 0 Å². The summed E-state index contributed by atoms with van der Waals surface area (Å²) >= 11 is 0. The molecule has 1 fully saturated rings. The number of nitrogens with zero attached hydrogens (tertiary/aromatic N) is 3. The first-order valence-corrected chi connectivity index (χ1v) is 11.0. The van der Waals surface area contributed by atoms with Gasteiger partial charge in [0.15, 0.2) is 0 Å². The molecule has 2 aliphatic carbocycles. The molecule has 3 aromatic heterocycles. The SMILES string of the molecule is O=C(NC1CCC(c2n[nH]c(=O)c3c2C=CCC3)CC1)c1cnc2cc(OC(F)F)ccn12. The van der Waals surface area contributed by atoms with Crippen LogP contribution in [0.25, 0.3) is 11.7 Å². The summed E-state index contributed by atoms with van der Waals surface area (Å²) in [5.74, 6) is -0.0483. The van der Waals surface area contributed by atoms with Crippen molar-refractivity contribution in [3.63, 3.8) is 0 Å². The van der Waals surface area contributed by atoms with E-state index in [1.54, 1.807) is 4.40 Å². The van der Waals surface area contributed by atoms with Gasteiger partial charge in [-0.15, -0.1) is 0 Å². The zero-order valence-electron chi connectivity index (χ0n) is 17.8. The van der Waals surface area contributed by atoms with Gasteiger partial charge in [-0.05, 0) is 44.6 Å². The number of alkyl halides is 2.